The summed E-state index contributed by atoms with van der Waals surface area (Å²) in [5.41, 5.74) is 6.08. The lowest BCUT2D eigenvalue weighted by Gasteiger charge is -2.23. The maximum Gasteiger partial charge on any atom is 0.341 e. The Kier molecular flexibility index (Phi) is 3.63. The third-order valence-electron chi connectivity index (χ3n) is 5.63. The lowest BCUT2D eigenvalue weighted by Crippen LogP contribution is -2.35. The predicted molar refractivity (Wildman–Crippen MR) is 97.4 cm³/mol. The van der Waals surface area contributed by atoms with Crippen molar-refractivity contribution in [1.29, 1.82) is 0 Å². The molecule has 1 aliphatic carbocycles. The lowest BCUT2D eigenvalue weighted by molar-refractivity contribution is 0.0695. The summed E-state index contributed by atoms with van der Waals surface area (Å²) >= 11 is 0. The Morgan fingerprint density at radius 3 is 2.58 bits per heavy atom. The van der Waals surface area contributed by atoms with Crippen molar-refractivity contribution in [3.05, 3.63) is 39.9 Å². The van der Waals surface area contributed by atoms with Crippen LogP contribution in [0.2, 0.25) is 0 Å². The van der Waals surface area contributed by atoms with Crippen LogP contribution in [0.3, 0.4) is 0 Å². The number of aromatic nitrogens is 1. The summed E-state index contributed by atoms with van der Waals surface area (Å²) in [6.07, 6.45) is 3.24. The summed E-state index contributed by atoms with van der Waals surface area (Å²) in [5.74, 6) is -1.81. The Morgan fingerprint density at radius 2 is 2.04 bits per heavy atom. The third-order valence-corrected chi connectivity index (χ3v) is 5.63. The maximum atomic E-state index is 14.8. The zero-order valence-corrected chi connectivity index (χ0v) is 14.8. The van der Waals surface area contributed by atoms with E-state index in [4.69, 9.17) is 5.73 Å². The van der Waals surface area contributed by atoms with Crippen LogP contribution < -0.4 is 16.1 Å². The normalized spacial score (nSPS) is 22.2. The molecule has 2 fully saturated rings. The number of nitrogens with two attached hydrogens (primary N) is 1. The number of nitrogens with zero attached hydrogens (tertiary/aromatic N) is 2. The molecule has 0 amide bonds. The molecule has 1 saturated carbocycles. The topological polar surface area (TPSA) is 88.6 Å². The number of fused-ring (bicyclic) bond motifs is 1. The summed E-state index contributed by atoms with van der Waals surface area (Å²) in [6, 6.07) is 2.93. The van der Waals surface area contributed by atoms with Crippen molar-refractivity contribution >= 4 is 22.6 Å². The number of carbonyl (C=O) groups is 1. The van der Waals surface area contributed by atoms with Gasteiger partial charge in [0.2, 0.25) is 5.43 Å². The van der Waals surface area contributed by atoms with Gasteiger partial charge in [-0.3, -0.25) is 4.79 Å². The van der Waals surface area contributed by atoms with Gasteiger partial charge >= 0.3 is 5.97 Å². The van der Waals surface area contributed by atoms with Crippen molar-refractivity contribution in [2.45, 2.75) is 38.8 Å². The number of anilines is 1. The van der Waals surface area contributed by atoms with E-state index in [2.05, 4.69) is 13.8 Å². The van der Waals surface area contributed by atoms with Crippen LogP contribution in [0.5, 0.6) is 0 Å². The first-order valence-corrected chi connectivity index (χ1v) is 8.81. The fourth-order valence-corrected chi connectivity index (χ4v) is 3.75. The van der Waals surface area contributed by atoms with Crippen LogP contribution in [0.25, 0.3) is 10.9 Å². The molecule has 26 heavy (non-hydrogen) atoms. The number of aromatic carboxylic acids is 1. The fraction of sp³-hybridized carbons (Fsp3) is 0.474. The summed E-state index contributed by atoms with van der Waals surface area (Å²) in [7, 11) is 0. The minimum Gasteiger partial charge on any atom is -0.477 e. The van der Waals surface area contributed by atoms with Crippen LogP contribution >= 0.6 is 0 Å². The number of pyridine rings is 1. The third kappa shape index (κ3) is 2.58. The van der Waals surface area contributed by atoms with Crippen molar-refractivity contribution in [3.63, 3.8) is 0 Å². The highest BCUT2D eigenvalue weighted by Crippen LogP contribution is 2.39. The van der Waals surface area contributed by atoms with Crippen molar-refractivity contribution in [2.75, 3.05) is 18.0 Å². The van der Waals surface area contributed by atoms with Gasteiger partial charge < -0.3 is 20.3 Å². The first-order chi connectivity index (χ1) is 12.2. The van der Waals surface area contributed by atoms with Gasteiger partial charge in [0.05, 0.1) is 11.2 Å². The fourth-order valence-electron chi connectivity index (χ4n) is 3.75. The Morgan fingerprint density at radius 1 is 1.35 bits per heavy atom. The molecule has 3 N–H and O–H groups in total. The van der Waals surface area contributed by atoms with Gasteiger partial charge in [0.25, 0.3) is 0 Å². The lowest BCUT2D eigenvalue weighted by atomic mass is 9.89. The van der Waals surface area contributed by atoms with E-state index in [1.165, 1.54) is 12.3 Å². The Hall–Kier alpha value is -2.41. The second kappa shape index (κ2) is 5.54. The Balaban J connectivity index is 1.92. The molecule has 0 radical (unpaired) electrons. The van der Waals surface area contributed by atoms with Crippen molar-refractivity contribution in [3.8, 4) is 0 Å². The summed E-state index contributed by atoms with van der Waals surface area (Å²) in [6.45, 7) is 5.26. The summed E-state index contributed by atoms with van der Waals surface area (Å²) < 4.78 is 16.6. The predicted octanol–water partition coefficient (Wildman–Crippen LogP) is 2.35. The molecule has 1 aromatic carbocycles. The molecule has 1 saturated heterocycles. The maximum absolute atomic E-state index is 14.8. The summed E-state index contributed by atoms with van der Waals surface area (Å²) in [5, 5.41) is 9.42. The van der Waals surface area contributed by atoms with E-state index in [9.17, 15) is 19.1 Å². The first kappa shape index (κ1) is 17.0. The number of hydrogen-bond donors (Lipinski definition) is 2. The molecule has 0 spiro atoms. The quantitative estimate of drug-likeness (QED) is 0.878. The number of carboxylic acids is 1. The van der Waals surface area contributed by atoms with E-state index < -0.39 is 17.2 Å². The number of benzene rings is 1. The first-order valence-electron chi connectivity index (χ1n) is 8.81. The average molecular weight is 359 g/mol. The molecule has 1 aliphatic heterocycles. The van der Waals surface area contributed by atoms with Crippen LogP contribution in [0.4, 0.5) is 10.1 Å². The van der Waals surface area contributed by atoms with Gasteiger partial charge in [0.1, 0.15) is 11.4 Å². The highest BCUT2D eigenvalue weighted by atomic mass is 19.1. The van der Waals surface area contributed by atoms with Gasteiger partial charge in [-0.25, -0.2) is 9.18 Å². The molecule has 2 heterocycles. The van der Waals surface area contributed by atoms with Gasteiger partial charge in [-0.05, 0) is 30.4 Å². The highest BCUT2D eigenvalue weighted by Gasteiger charge is 2.38. The monoisotopic (exact) mass is 359 g/mol. The molecule has 1 atom stereocenters. The van der Waals surface area contributed by atoms with Gasteiger partial charge in [0, 0.05) is 36.8 Å². The minimum atomic E-state index is -1.29. The Labute approximate surface area is 150 Å². The molecular formula is C19H22FN3O3. The van der Waals surface area contributed by atoms with E-state index in [0.29, 0.717) is 24.3 Å². The van der Waals surface area contributed by atoms with Gasteiger partial charge in [0.15, 0.2) is 0 Å². The second-order valence-electron chi connectivity index (χ2n) is 8.11. The zero-order chi connectivity index (χ0) is 18.8. The molecule has 0 unspecified atom stereocenters. The smallest absolute Gasteiger partial charge is 0.341 e. The van der Waals surface area contributed by atoms with Crippen LogP contribution in [0.1, 0.15) is 43.1 Å². The van der Waals surface area contributed by atoms with E-state index in [1.807, 2.05) is 9.47 Å². The van der Waals surface area contributed by atoms with Crippen LogP contribution in [0.15, 0.2) is 23.1 Å². The van der Waals surface area contributed by atoms with E-state index in [1.54, 1.807) is 6.07 Å². The van der Waals surface area contributed by atoms with E-state index in [0.717, 1.165) is 12.8 Å². The molecule has 6 nitrogen and oxygen atoms in total. The van der Waals surface area contributed by atoms with E-state index in [-0.39, 0.29) is 28.4 Å². The number of rotatable bonds is 3. The molecular weight excluding hydrogens is 337 g/mol. The highest BCUT2D eigenvalue weighted by molar-refractivity contribution is 5.93. The molecule has 1 aromatic heterocycles. The number of hydrogen-bond acceptors (Lipinski definition) is 4. The van der Waals surface area contributed by atoms with Gasteiger partial charge in [-0.1, -0.05) is 13.8 Å². The molecule has 138 valence electrons. The van der Waals surface area contributed by atoms with Crippen LogP contribution in [-0.2, 0) is 0 Å². The number of carboxylic acid groups (broad SMARTS) is 1. The average Bonchev–Trinajstić information content (AvgIpc) is 3.34. The van der Waals surface area contributed by atoms with Gasteiger partial charge in [-0.15, -0.1) is 0 Å². The molecule has 0 bridgehead atoms. The van der Waals surface area contributed by atoms with Crippen molar-refractivity contribution in [1.82, 2.24) is 4.57 Å². The number of halogens is 1. The molecule has 2 aromatic rings. The van der Waals surface area contributed by atoms with E-state index >= 15 is 0 Å². The minimum absolute atomic E-state index is 0.0717. The standard InChI is InChI=1S/C19H22FN3O3/c1-19(2)9-22(8-16(19)21)15-6-14-11(5-13(15)20)17(24)12(18(25)26)7-23(14)10-3-4-10/h5-7,10,16H,3-4,8-9,21H2,1-2H3,(H,25,26)/t16-/m0/s1. The molecule has 4 rings (SSSR count). The zero-order valence-electron chi connectivity index (χ0n) is 14.8. The largest absolute Gasteiger partial charge is 0.477 e. The SMILES string of the molecule is CC1(C)CN(c2cc3c(cc2F)c(=O)c(C(=O)O)cn3C2CC2)C[C@@H]1N. The molecule has 2 aliphatic rings. The van der Waals surface area contributed by atoms with Gasteiger partial charge in [-0.2, -0.15) is 0 Å². The second-order valence-corrected chi connectivity index (χ2v) is 8.11. The van der Waals surface area contributed by atoms with Crippen LogP contribution in [0, 0.1) is 11.2 Å². The summed E-state index contributed by atoms with van der Waals surface area (Å²) in [4.78, 5) is 25.8. The Bertz CT molecular complexity index is 978. The van der Waals surface area contributed by atoms with Crippen LogP contribution in [-0.4, -0.2) is 34.8 Å². The van der Waals surface area contributed by atoms with Crippen molar-refractivity contribution in [2.24, 2.45) is 11.1 Å². The molecule has 7 heteroatoms. The van der Waals surface area contributed by atoms with Crippen molar-refractivity contribution < 1.29 is 14.3 Å².